The Bertz CT molecular complexity index is 793. The molecule has 2 rings (SSSR count). The number of benzene rings is 1. The van der Waals surface area contributed by atoms with Gasteiger partial charge in [0.05, 0.1) is 25.4 Å². The van der Waals surface area contributed by atoms with E-state index in [0.29, 0.717) is 17.0 Å². The van der Waals surface area contributed by atoms with E-state index in [1.807, 2.05) is 0 Å². The molecule has 0 spiro atoms. The molecule has 0 saturated carbocycles. The number of allylic oxidation sites excluding steroid dienone is 1. The van der Waals surface area contributed by atoms with Crippen LogP contribution in [0, 0.1) is 5.92 Å². The lowest BCUT2D eigenvalue weighted by atomic mass is 9.75. The first-order valence-electron chi connectivity index (χ1n) is 7.57. The molecule has 2 unspecified atom stereocenters. The normalized spacial score (nSPS) is 19.9. The number of aliphatic imine (C=N–C) groups is 1. The highest BCUT2D eigenvalue weighted by Gasteiger charge is 2.42. The fourth-order valence-electron chi connectivity index (χ4n) is 3.07. The molecule has 0 fully saturated rings. The first-order chi connectivity index (χ1) is 11.8. The van der Waals surface area contributed by atoms with Crippen LogP contribution >= 0.6 is 0 Å². The monoisotopic (exact) mass is 345 g/mol. The molecule has 0 radical (unpaired) electrons. The highest BCUT2D eigenvalue weighted by Crippen LogP contribution is 2.40. The number of carbonyl (C=O) groups is 3. The Morgan fingerprint density at radius 3 is 2.36 bits per heavy atom. The van der Waals surface area contributed by atoms with Gasteiger partial charge in [-0.1, -0.05) is 12.1 Å². The van der Waals surface area contributed by atoms with Crippen LogP contribution in [0.3, 0.4) is 0 Å². The van der Waals surface area contributed by atoms with Crippen molar-refractivity contribution in [1.29, 1.82) is 0 Å². The lowest BCUT2D eigenvalue weighted by Crippen LogP contribution is -2.36. The molecular formula is C18H19NO6. The van der Waals surface area contributed by atoms with Crippen molar-refractivity contribution in [2.45, 2.75) is 19.8 Å². The number of carbonyl (C=O) groups excluding carboxylic acids is 2. The Morgan fingerprint density at radius 1 is 1.12 bits per heavy atom. The third-order valence-electron chi connectivity index (χ3n) is 4.18. The van der Waals surface area contributed by atoms with Crippen molar-refractivity contribution in [1.82, 2.24) is 0 Å². The highest BCUT2D eigenvalue weighted by molar-refractivity contribution is 6.07. The minimum atomic E-state index is -1.10. The number of hydrogen-bond acceptors (Lipinski definition) is 6. The zero-order valence-corrected chi connectivity index (χ0v) is 14.4. The molecule has 1 heterocycles. The smallest absolute Gasteiger partial charge is 0.336 e. The average Bonchev–Trinajstić information content (AvgIpc) is 2.59. The predicted molar refractivity (Wildman–Crippen MR) is 89.5 cm³/mol. The molecule has 1 aliphatic rings. The number of carboxylic acids is 1. The zero-order chi connectivity index (χ0) is 18.7. The fraction of sp³-hybridized carbons (Fsp3) is 0.333. The second-order valence-corrected chi connectivity index (χ2v) is 5.65. The lowest BCUT2D eigenvalue weighted by Gasteiger charge is -2.31. The van der Waals surface area contributed by atoms with Gasteiger partial charge in [0.1, 0.15) is 5.92 Å². The number of ether oxygens (including phenoxy) is 2. The summed E-state index contributed by atoms with van der Waals surface area (Å²) in [4.78, 5) is 40.3. The number of hydrogen-bond donors (Lipinski definition) is 1. The van der Waals surface area contributed by atoms with Crippen molar-refractivity contribution in [3.63, 3.8) is 0 Å². The topological polar surface area (TPSA) is 102 Å². The van der Waals surface area contributed by atoms with Gasteiger partial charge in [0, 0.05) is 17.3 Å². The quantitative estimate of drug-likeness (QED) is 0.839. The molecule has 0 aliphatic carbocycles. The first kappa shape index (κ1) is 18.4. The second kappa shape index (κ2) is 7.29. The van der Waals surface area contributed by atoms with E-state index in [9.17, 15) is 19.5 Å². The Hall–Kier alpha value is -2.96. The molecule has 25 heavy (non-hydrogen) atoms. The number of aromatic carboxylic acids is 1. The Balaban J connectivity index is 2.70. The van der Waals surface area contributed by atoms with Crippen molar-refractivity contribution in [2.75, 3.05) is 14.2 Å². The molecule has 2 atom stereocenters. The van der Waals surface area contributed by atoms with Crippen LogP contribution < -0.4 is 0 Å². The van der Waals surface area contributed by atoms with E-state index < -0.39 is 29.7 Å². The summed E-state index contributed by atoms with van der Waals surface area (Å²) in [7, 11) is 2.50. The van der Waals surface area contributed by atoms with E-state index in [1.54, 1.807) is 26.0 Å². The van der Waals surface area contributed by atoms with E-state index in [1.165, 1.54) is 26.4 Å². The number of esters is 2. The molecular weight excluding hydrogens is 326 g/mol. The van der Waals surface area contributed by atoms with E-state index in [0.717, 1.165) is 0 Å². The summed E-state index contributed by atoms with van der Waals surface area (Å²) in [6.45, 7) is 3.32. The van der Waals surface area contributed by atoms with Crippen LogP contribution in [0.25, 0.3) is 0 Å². The number of carboxylic acid groups (broad SMARTS) is 1. The van der Waals surface area contributed by atoms with E-state index in [-0.39, 0.29) is 11.1 Å². The Morgan fingerprint density at radius 2 is 1.80 bits per heavy atom. The minimum Gasteiger partial charge on any atom is -0.478 e. The summed E-state index contributed by atoms with van der Waals surface area (Å²) in [6.07, 6.45) is 0. The van der Waals surface area contributed by atoms with Gasteiger partial charge in [0.2, 0.25) is 0 Å². The molecule has 0 bridgehead atoms. The number of methoxy groups -OCH3 is 2. The van der Waals surface area contributed by atoms with Crippen LogP contribution in [0.4, 0.5) is 0 Å². The molecule has 1 N–H and O–H groups in total. The van der Waals surface area contributed by atoms with Gasteiger partial charge in [0.25, 0.3) is 0 Å². The summed E-state index contributed by atoms with van der Waals surface area (Å²) in [5.41, 5.74) is 1.69. The van der Waals surface area contributed by atoms with Crippen LogP contribution in [-0.4, -0.2) is 42.9 Å². The summed E-state index contributed by atoms with van der Waals surface area (Å²) in [6, 6.07) is 6.12. The summed E-state index contributed by atoms with van der Waals surface area (Å²) in [5, 5.41) is 9.24. The van der Waals surface area contributed by atoms with Gasteiger partial charge in [-0.05, 0) is 31.5 Å². The van der Waals surface area contributed by atoms with Gasteiger partial charge in [-0.15, -0.1) is 0 Å². The maximum Gasteiger partial charge on any atom is 0.336 e. The SMILES string of the molecule is COC(=O)C1=C(C)N=C(C)C(C(=O)OC)C1c1cccc(C(=O)O)c1. The third kappa shape index (κ3) is 3.45. The molecule has 1 aliphatic heterocycles. The highest BCUT2D eigenvalue weighted by atomic mass is 16.5. The number of rotatable bonds is 4. The van der Waals surface area contributed by atoms with Gasteiger partial charge in [-0.2, -0.15) is 0 Å². The van der Waals surface area contributed by atoms with Gasteiger partial charge < -0.3 is 14.6 Å². The van der Waals surface area contributed by atoms with Crippen LogP contribution in [0.1, 0.15) is 35.7 Å². The molecule has 1 aromatic rings. The summed E-state index contributed by atoms with van der Waals surface area (Å²) < 4.78 is 9.73. The van der Waals surface area contributed by atoms with Crippen molar-refractivity contribution >= 4 is 23.6 Å². The van der Waals surface area contributed by atoms with Gasteiger partial charge in [0.15, 0.2) is 0 Å². The molecule has 132 valence electrons. The zero-order valence-electron chi connectivity index (χ0n) is 14.4. The van der Waals surface area contributed by atoms with E-state index >= 15 is 0 Å². The Kier molecular flexibility index (Phi) is 5.36. The standard InChI is InChI=1S/C18H19NO6/c1-9-13(17(22)24-3)15(14(10(2)19-9)18(23)25-4)11-6-5-7-12(8-11)16(20)21/h5-8,13,15H,1-4H3,(H,20,21). The van der Waals surface area contributed by atoms with E-state index in [2.05, 4.69) is 4.99 Å². The van der Waals surface area contributed by atoms with Crippen molar-refractivity contribution in [2.24, 2.45) is 10.9 Å². The van der Waals surface area contributed by atoms with Gasteiger partial charge >= 0.3 is 17.9 Å². The third-order valence-corrected chi connectivity index (χ3v) is 4.18. The average molecular weight is 345 g/mol. The first-order valence-corrected chi connectivity index (χ1v) is 7.57. The molecule has 0 saturated heterocycles. The van der Waals surface area contributed by atoms with Gasteiger partial charge in [-0.25, -0.2) is 9.59 Å². The minimum absolute atomic E-state index is 0.0585. The fourth-order valence-corrected chi connectivity index (χ4v) is 3.07. The Labute approximate surface area is 145 Å². The molecule has 0 amide bonds. The van der Waals surface area contributed by atoms with E-state index in [4.69, 9.17) is 9.47 Å². The van der Waals surface area contributed by atoms with Crippen LogP contribution in [0.5, 0.6) is 0 Å². The predicted octanol–water partition coefficient (Wildman–Crippen LogP) is 2.18. The molecule has 0 aromatic heterocycles. The van der Waals surface area contributed by atoms with Crippen LogP contribution in [0.2, 0.25) is 0 Å². The maximum absolute atomic E-state index is 12.3. The van der Waals surface area contributed by atoms with Crippen molar-refractivity contribution in [3.8, 4) is 0 Å². The van der Waals surface area contributed by atoms with Gasteiger partial charge in [-0.3, -0.25) is 9.79 Å². The van der Waals surface area contributed by atoms with Crippen molar-refractivity contribution < 1.29 is 29.0 Å². The summed E-state index contributed by atoms with van der Waals surface area (Å²) >= 11 is 0. The largest absolute Gasteiger partial charge is 0.478 e. The maximum atomic E-state index is 12.3. The van der Waals surface area contributed by atoms with Crippen molar-refractivity contribution in [3.05, 3.63) is 46.7 Å². The number of nitrogens with zero attached hydrogens (tertiary/aromatic N) is 1. The molecule has 7 heteroatoms. The van der Waals surface area contributed by atoms with Crippen LogP contribution in [0.15, 0.2) is 40.5 Å². The summed E-state index contributed by atoms with van der Waals surface area (Å²) in [5.74, 6) is -3.85. The molecule has 7 nitrogen and oxygen atoms in total. The van der Waals surface area contributed by atoms with Crippen LogP contribution in [-0.2, 0) is 19.1 Å². The lowest BCUT2D eigenvalue weighted by molar-refractivity contribution is -0.143. The second-order valence-electron chi connectivity index (χ2n) is 5.65. The molecule has 1 aromatic carbocycles.